The normalized spacial score (nSPS) is 10.5. The zero-order chi connectivity index (χ0) is 16.2. The average molecular weight is 332 g/mol. The van der Waals surface area contributed by atoms with E-state index >= 15 is 0 Å². The van der Waals surface area contributed by atoms with Gasteiger partial charge in [-0.15, -0.1) is 10.2 Å². The van der Waals surface area contributed by atoms with E-state index in [4.69, 9.17) is 16.0 Å². The molecule has 0 radical (unpaired) electrons. The molecule has 7 heteroatoms. The van der Waals surface area contributed by atoms with Crippen LogP contribution in [-0.4, -0.2) is 16.1 Å². The molecule has 1 N–H and O–H groups in total. The van der Waals surface area contributed by atoms with Gasteiger partial charge in [0.2, 0.25) is 5.89 Å². The fourth-order valence-electron chi connectivity index (χ4n) is 1.95. The summed E-state index contributed by atoms with van der Waals surface area (Å²) in [6.07, 6.45) is 0. The molecule has 1 amide bonds. The van der Waals surface area contributed by atoms with Crippen molar-refractivity contribution in [3.05, 3.63) is 70.8 Å². The second-order valence-electron chi connectivity index (χ2n) is 4.70. The molecule has 0 saturated heterocycles. The largest absolute Gasteiger partial charge is 0.412 e. The summed E-state index contributed by atoms with van der Waals surface area (Å²) in [7, 11) is 0. The highest BCUT2D eigenvalue weighted by atomic mass is 35.5. The van der Waals surface area contributed by atoms with Crippen molar-refractivity contribution in [2.45, 2.75) is 6.54 Å². The standard InChI is InChI=1S/C16H11ClFN3O2/c17-12-6-3-5-10(8-12)15-20-21-16(23-15)14(22)19-9-11-4-1-2-7-13(11)18/h1-8H,9H2,(H,19,22). The molecule has 1 heterocycles. The quantitative estimate of drug-likeness (QED) is 0.795. The van der Waals surface area contributed by atoms with Crippen LogP contribution in [0.5, 0.6) is 0 Å². The summed E-state index contributed by atoms with van der Waals surface area (Å²) in [4.78, 5) is 12.0. The molecule has 0 bridgehead atoms. The number of hydrogen-bond acceptors (Lipinski definition) is 4. The Bertz CT molecular complexity index is 851. The maximum atomic E-state index is 13.5. The van der Waals surface area contributed by atoms with Gasteiger partial charge in [0, 0.05) is 22.7 Å². The van der Waals surface area contributed by atoms with Crippen LogP contribution in [-0.2, 0) is 6.54 Å². The molecule has 5 nitrogen and oxygen atoms in total. The number of benzene rings is 2. The first-order valence-electron chi connectivity index (χ1n) is 6.74. The van der Waals surface area contributed by atoms with Crippen LogP contribution in [0.25, 0.3) is 11.5 Å². The van der Waals surface area contributed by atoms with Gasteiger partial charge in [0.1, 0.15) is 5.82 Å². The molecule has 1 aromatic heterocycles. The maximum Gasteiger partial charge on any atom is 0.309 e. The third-order valence-corrected chi connectivity index (χ3v) is 3.32. The minimum absolute atomic E-state index is 0.0282. The van der Waals surface area contributed by atoms with E-state index < -0.39 is 11.7 Å². The molecule has 0 saturated carbocycles. The van der Waals surface area contributed by atoms with Gasteiger partial charge < -0.3 is 9.73 Å². The van der Waals surface area contributed by atoms with Crippen LogP contribution in [0.4, 0.5) is 4.39 Å². The van der Waals surface area contributed by atoms with E-state index in [0.717, 1.165) is 0 Å². The number of carbonyl (C=O) groups excluding carboxylic acids is 1. The molecule has 0 aliphatic carbocycles. The molecular weight excluding hydrogens is 321 g/mol. The van der Waals surface area contributed by atoms with E-state index in [-0.39, 0.29) is 18.3 Å². The van der Waals surface area contributed by atoms with Crippen molar-refractivity contribution in [2.24, 2.45) is 0 Å². The van der Waals surface area contributed by atoms with Crippen molar-refractivity contribution in [3.63, 3.8) is 0 Å². The predicted octanol–water partition coefficient (Wildman–Crippen LogP) is 3.46. The molecule has 23 heavy (non-hydrogen) atoms. The molecule has 2 aromatic carbocycles. The average Bonchev–Trinajstić information content (AvgIpc) is 3.04. The minimum atomic E-state index is -0.575. The van der Waals surface area contributed by atoms with Gasteiger partial charge in [-0.1, -0.05) is 35.9 Å². The van der Waals surface area contributed by atoms with E-state index in [0.29, 0.717) is 16.1 Å². The van der Waals surface area contributed by atoms with Crippen molar-refractivity contribution in [3.8, 4) is 11.5 Å². The number of hydrogen-bond donors (Lipinski definition) is 1. The molecule has 3 rings (SSSR count). The highest BCUT2D eigenvalue weighted by Crippen LogP contribution is 2.21. The van der Waals surface area contributed by atoms with E-state index in [9.17, 15) is 9.18 Å². The minimum Gasteiger partial charge on any atom is -0.412 e. The van der Waals surface area contributed by atoms with Gasteiger partial charge in [0.25, 0.3) is 0 Å². The first-order chi connectivity index (χ1) is 11.1. The second-order valence-corrected chi connectivity index (χ2v) is 5.13. The van der Waals surface area contributed by atoms with Crippen molar-refractivity contribution in [1.29, 1.82) is 0 Å². The van der Waals surface area contributed by atoms with Gasteiger partial charge in [-0.05, 0) is 24.3 Å². The summed E-state index contributed by atoms with van der Waals surface area (Å²) in [6.45, 7) is 0.0282. The number of amides is 1. The topological polar surface area (TPSA) is 68.0 Å². The Kier molecular flexibility index (Phi) is 4.34. The molecule has 0 spiro atoms. The van der Waals surface area contributed by atoms with Crippen molar-refractivity contribution < 1.29 is 13.6 Å². The van der Waals surface area contributed by atoms with Gasteiger partial charge in [0.15, 0.2) is 0 Å². The second kappa shape index (κ2) is 6.58. The van der Waals surface area contributed by atoms with Crippen molar-refractivity contribution >= 4 is 17.5 Å². The maximum absolute atomic E-state index is 13.5. The molecule has 0 aliphatic heterocycles. The van der Waals surface area contributed by atoms with E-state index in [2.05, 4.69) is 15.5 Å². The summed E-state index contributed by atoms with van der Waals surface area (Å²) >= 11 is 5.89. The van der Waals surface area contributed by atoms with Crippen LogP contribution in [0.3, 0.4) is 0 Å². The fraction of sp³-hybridized carbons (Fsp3) is 0.0625. The number of halogens is 2. The molecule has 0 atom stereocenters. The summed E-state index contributed by atoms with van der Waals surface area (Å²) in [6, 6.07) is 13.0. The summed E-state index contributed by atoms with van der Waals surface area (Å²) in [5.74, 6) is -0.980. The van der Waals surface area contributed by atoms with E-state index in [1.165, 1.54) is 6.07 Å². The summed E-state index contributed by atoms with van der Waals surface area (Å²) in [5.41, 5.74) is 0.980. The third kappa shape index (κ3) is 3.54. The lowest BCUT2D eigenvalue weighted by Crippen LogP contribution is -2.23. The van der Waals surface area contributed by atoms with E-state index in [1.807, 2.05) is 0 Å². The number of aromatic nitrogens is 2. The number of rotatable bonds is 4. The van der Waals surface area contributed by atoms with Crippen LogP contribution in [0, 0.1) is 5.82 Å². The number of nitrogens with one attached hydrogen (secondary N) is 1. The Hall–Kier alpha value is -2.73. The SMILES string of the molecule is O=C(NCc1ccccc1F)c1nnc(-c2cccc(Cl)c2)o1. The summed E-state index contributed by atoms with van der Waals surface area (Å²) in [5, 5.41) is 10.6. The van der Waals surface area contributed by atoms with Crippen LogP contribution in [0.2, 0.25) is 5.02 Å². The van der Waals surface area contributed by atoms with Crippen molar-refractivity contribution in [1.82, 2.24) is 15.5 Å². The Balaban J connectivity index is 1.70. The first kappa shape index (κ1) is 15.2. The summed E-state index contributed by atoms with van der Waals surface area (Å²) < 4.78 is 18.8. The number of carbonyl (C=O) groups is 1. The highest BCUT2D eigenvalue weighted by molar-refractivity contribution is 6.30. The van der Waals surface area contributed by atoms with Gasteiger partial charge in [-0.25, -0.2) is 4.39 Å². The van der Waals surface area contributed by atoms with Crippen LogP contribution >= 0.6 is 11.6 Å². The molecular formula is C16H11ClFN3O2. The fourth-order valence-corrected chi connectivity index (χ4v) is 2.14. The molecule has 0 aliphatic rings. The van der Waals surface area contributed by atoms with Crippen LogP contribution in [0.1, 0.15) is 16.2 Å². The smallest absolute Gasteiger partial charge is 0.309 e. The Morgan fingerprint density at radius 2 is 2.00 bits per heavy atom. The van der Waals surface area contributed by atoms with Gasteiger partial charge in [0.05, 0.1) is 0 Å². The lowest BCUT2D eigenvalue weighted by molar-refractivity contribution is 0.0916. The van der Waals surface area contributed by atoms with E-state index in [1.54, 1.807) is 42.5 Å². The number of nitrogens with zero attached hydrogens (tertiary/aromatic N) is 2. The molecule has 0 unspecified atom stereocenters. The predicted molar refractivity (Wildman–Crippen MR) is 82.3 cm³/mol. The molecule has 116 valence electrons. The Morgan fingerprint density at radius 1 is 1.17 bits per heavy atom. The Labute approximate surface area is 136 Å². The zero-order valence-electron chi connectivity index (χ0n) is 11.8. The lowest BCUT2D eigenvalue weighted by atomic mass is 10.2. The van der Waals surface area contributed by atoms with Crippen LogP contribution in [0.15, 0.2) is 52.9 Å². The monoisotopic (exact) mass is 331 g/mol. The highest BCUT2D eigenvalue weighted by Gasteiger charge is 2.16. The van der Waals surface area contributed by atoms with Gasteiger partial charge in [-0.2, -0.15) is 0 Å². The molecule has 3 aromatic rings. The first-order valence-corrected chi connectivity index (χ1v) is 7.12. The zero-order valence-corrected chi connectivity index (χ0v) is 12.5. The van der Waals surface area contributed by atoms with Crippen LogP contribution < -0.4 is 5.32 Å². The van der Waals surface area contributed by atoms with Gasteiger partial charge in [-0.3, -0.25) is 4.79 Å². The molecule has 0 fully saturated rings. The van der Waals surface area contributed by atoms with Crippen molar-refractivity contribution in [2.75, 3.05) is 0 Å². The van der Waals surface area contributed by atoms with Gasteiger partial charge >= 0.3 is 11.8 Å². The lowest BCUT2D eigenvalue weighted by Gasteiger charge is -2.03. The third-order valence-electron chi connectivity index (χ3n) is 3.09. The Morgan fingerprint density at radius 3 is 2.78 bits per heavy atom.